The number of nitrogens with zero attached hydrogens (tertiary/aromatic N) is 1. The van der Waals surface area contributed by atoms with Crippen LogP contribution < -0.4 is 10.6 Å². The number of primary amides is 1. The fourth-order valence-corrected chi connectivity index (χ4v) is 2.04. The van der Waals surface area contributed by atoms with E-state index in [0.29, 0.717) is 12.0 Å². The highest BCUT2D eigenvalue weighted by molar-refractivity contribution is 5.98. The molecule has 0 aromatic heterocycles. The maximum absolute atomic E-state index is 11.7. The molecule has 1 aromatic rings. The van der Waals surface area contributed by atoms with Gasteiger partial charge in [-0.05, 0) is 31.5 Å². The van der Waals surface area contributed by atoms with Crippen LogP contribution in [-0.2, 0) is 4.79 Å². The second-order valence-corrected chi connectivity index (χ2v) is 4.07. The molecule has 0 spiro atoms. The van der Waals surface area contributed by atoms with Gasteiger partial charge >= 0.3 is 0 Å². The van der Waals surface area contributed by atoms with Crippen molar-refractivity contribution in [2.24, 2.45) is 5.73 Å². The molecule has 84 valence electrons. The van der Waals surface area contributed by atoms with Crippen LogP contribution in [0.4, 0.5) is 5.69 Å². The first kappa shape index (κ1) is 10.7. The summed E-state index contributed by atoms with van der Waals surface area (Å²) in [6.07, 6.45) is 1.43. The fraction of sp³-hybridized carbons (Fsp3) is 0.333. The number of hydrogen-bond acceptors (Lipinski definition) is 2. The largest absolute Gasteiger partial charge is 0.366 e. The van der Waals surface area contributed by atoms with Gasteiger partial charge in [0.2, 0.25) is 11.8 Å². The molecule has 0 bridgehead atoms. The summed E-state index contributed by atoms with van der Waals surface area (Å²) in [6.45, 7) is 2.00. The SMILES string of the molecule is CC1CCC(=O)N1c1cccc(C(N)=O)c1. The third-order valence-corrected chi connectivity index (χ3v) is 2.89. The Morgan fingerprint density at radius 1 is 1.50 bits per heavy atom. The molecule has 4 nitrogen and oxygen atoms in total. The van der Waals surface area contributed by atoms with Crippen molar-refractivity contribution in [2.45, 2.75) is 25.8 Å². The standard InChI is InChI=1S/C12H14N2O2/c1-8-5-6-11(15)14(8)10-4-2-3-9(7-10)12(13)16/h2-4,7-8H,5-6H2,1H3,(H2,13,16). The number of anilines is 1. The molecule has 0 radical (unpaired) electrons. The molecule has 1 aliphatic rings. The molecular formula is C12H14N2O2. The maximum Gasteiger partial charge on any atom is 0.248 e. The minimum absolute atomic E-state index is 0.106. The summed E-state index contributed by atoms with van der Waals surface area (Å²) < 4.78 is 0. The van der Waals surface area contributed by atoms with Crippen molar-refractivity contribution in [3.8, 4) is 0 Å². The molecule has 1 atom stereocenters. The number of amides is 2. The number of carbonyl (C=O) groups excluding carboxylic acids is 2. The molecule has 2 rings (SSSR count). The molecule has 1 heterocycles. The van der Waals surface area contributed by atoms with Crippen LogP contribution >= 0.6 is 0 Å². The zero-order valence-corrected chi connectivity index (χ0v) is 9.14. The van der Waals surface area contributed by atoms with E-state index >= 15 is 0 Å². The highest BCUT2D eigenvalue weighted by atomic mass is 16.2. The van der Waals surface area contributed by atoms with E-state index in [2.05, 4.69) is 0 Å². The Morgan fingerprint density at radius 2 is 2.25 bits per heavy atom. The van der Waals surface area contributed by atoms with Crippen LogP contribution in [0, 0.1) is 0 Å². The van der Waals surface area contributed by atoms with Crippen LogP contribution in [-0.4, -0.2) is 17.9 Å². The lowest BCUT2D eigenvalue weighted by molar-refractivity contribution is -0.117. The lowest BCUT2D eigenvalue weighted by atomic mass is 10.1. The van der Waals surface area contributed by atoms with Crippen LogP contribution in [0.1, 0.15) is 30.1 Å². The normalized spacial score (nSPS) is 20.2. The highest BCUT2D eigenvalue weighted by Crippen LogP contribution is 2.26. The monoisotopic (exact) mass is 218 g/mol. The molecule has 2 N–H and O–H groups in total. The van der Waals surface area contributed by atoms with Gasteiger partial charge in [0, 0.05) is 23.7 Å². The third kappa shape index (κ3) is 1.78. The minimum Gasteiger partial charge on any atom is -0.366 e. The first-order chi connectivity index (χ1) is 7.59. The molecule has 4 heteroatoms. The minimum atomic E-state index is -0.471. The van der Waals surface area contributed by atoms with Crippen molar-refractivity contribution in [3.05, 3.63) is 29.8 Å². The van der Waals surface area contributed by atoms with E-state index in [1.807, 2.05) is 13.0 Å². The smallest absolute Gasteiger partial charge is 0.248 e. The summed E-state index contributed by atoms with van der Waals surface area (Å²) >= 11 is 0. The number of nitrogens with two attached hydrogens (primary N) is 1. The highest BCUT2D eigenvalue weighted by Gasteiger charge is 2.28. The lowest BCUT2D eigenvalue weighted by Gasteiger charge is -2.21. The summed E-state index contributed by atoms with van der Waals surface area (Å²) in [6, 6.07) is 7.08. The Balaban J connectivity index is 2.36. The summed E-state index contributed by atoms with van der Waals surface area (Å²) in [7, 11) is 0. The van der Waals surface area contributed by atoms with Gasteiger partial charge < -0.3 is 10.6 Å². The van der Waals surface area contributed by atoms with Gasteiger partial charge in [-0.1, -0.05) is 6.07 Å². The average molecular weight is 218 g/mol. The summed E-state index contributed by atoms with van der Waals surface area (Å²) in [5, 5.41) is 0. The maximum atomic E-state index is 11.7. The van der Waals surface area contributed by atoms with Crippen molar-refractivity contribution in [3.63, 3.8) is 0 Å². The summed E-state index contributed by atoms with van der Waals surface area (Å²) in [5.74, 6) is -0.365. The molecule has 1 saturated heterocycles. The van der Waals surface area contributed by atoms with E-state index in [1.54, 1.807) is 23.1 Å². The molecule has 0 aliphatic carbocycles. The Bertz CT molecular complexity index is 442. The fourth-order valence-electron chi connectivity index (χ4n) is 2.04. The molecule has 1 aliphatic heterocycles. The lowest BCUT2D eigenvalue weighted by Crippen LogP contribution is -2.30. The van der Waals surface area contributed by atoms with Crippen LogP contribution in [0.15, 0.2) is 24.3 Å². The van der Waals surface area contributed by atoms with Gasteiger partial charge in [0.1, 0.15) is 0 Å². The predicted molar refractivity (Wildman–Crippen MR) is 61.1 cm³/mol. The van der Waals surface area contributed by atoms with Crippen molar-refractivity contribution in [2.75, 3.05) is 4.90 Å². The van der Waals surface area contributed by atoms with Crippen molar-refractivity contribution in [1.82, 2.24) is 0 Å². The molecule has 1 aromatic carbocycles. The number of hydrogen-bond donors (Lipinski definition) is 1. The van der Waals surface area contributed by atoms with Gasteiger partial charge in [-0.25, -0.2) is 0 Å². The van der Waals surface area contributed by atoms with Crippen molar-refractivity contribution in [1.29, 1.82) is 0 Å². The zero-order valence-electron chi connectivity index (χ0n) is 9.14. The zero-order chi connectivity index (χ0) is 11.7. The van der Waals surface area contributed by atoms with Crippen molar-refractivity contribution < 1.29 is 9.59 Å². The first-order valence-corrected chi connectivity index (χ1v) is 5.31. The van der Waals surface area contributed by atoms with Crippen LogP contribution in [0.5, 0.6) is 0 Å². The van der Waals surface area contributed by atoms with Crippen molar-refractivity contribution >= 4 is 17.5 Å². The number of carbonyl (C=O) groups is 2. The number of benzene rings is 1. The van der Waals surface area contributed by atoms with E-state index < -0.39 is 5.91 Å². The molecule has 2 amide bonds. The Morgan fingerprint density at radius 3 is 2.81 bits per heavy atom. The molecular weight excluding hydrogens is 204 g/mol. The first-order valence-electron chi connectivity index (χ1n) is 5.31. The molecule has 16 heavy (non-hydrogen) atoms. The van der Waals surface area contributed by atoms with E-state index in [0.717, 1.165) is 12.1 Å². The number of rotatable bonds is 2. The third-order valence-electron chi connectivity index (χ3n) is 2.89. The summed E-state index contributed by atoms with van der Waals surface area (Å²) in [5.41, 5.74) is 6.40. The van der Waals surface area contributed by atoms with Gasteiger partial charge in [-0.2, -0.15) is 0 Å². The topological polar surface area (TPSA) is 63.4 Å². The van der Waals surface area contributed by atoms with Gasteiger partial charge in [0.15, 0.2) is 0 Å². The Hall–Kier alpha value is -1.84. The Labute approximate surface area is 94.0 Å². The van der Waals surface area contributed by atoms with Gasteiger partial charge in [0.25, 0.3) is 0 Å². The molecule has 1 unspecified atom stereocenters. The van der Waals surface area contributed by atoms with E-state index in [-0.39, 0.29) is 11.9 Å². The predicted octanol–water partition coefficient (Wildman–Crippen LogP) is 1.30. The Kier molecular flexibility index (Phi) is 2.64. The quantitative estimate of drug-likeness (QED) is 0.813. The van der Waals surface area contributed by atoms with E-state index in [1.165, 1.54) is 0 Å². The van der Waals surface area contributed by atoms with Gasteiger partial charge in [-0.3, -0.25) is 9.59 Å². The summed E-state index contributed by atoms with van der Waals surface area (Å²) in [4.78, 5) is 24.5. The average Bonchev–Trinajstić information content (AvgIpc) is 2.59. The van der Waals surface area contributed by atoms with Crippen LogP contribution in [0.25, 0.3) is 0 Å². The van der Waals surface area contributed by atoms with Gasteiger partial charge in [0.05, 0.1) is 0 Å². The van der Waals surface area contributed by atoms with Gasteiger partial charge in [-0.15, -0.1) is 0 Å². The molecule has 0 saturated carbocycles. The van der Waals surface area contributed by atoms with E-state index in [4.69, 9.17) is 5.73 Å². The second-order valence-electron chi connectivity index (χ2n) is 4.07. The van der Waals surface area contributed by atoms with E-state index in [9.17, 15) is 9.59 Å². The second kappa shape index (κ2) is 3.96. The van der Waals surface area contributed by atoms with Crippen LogP contribution in [0.3, 0.4) is 0 Å². The molecule has 1 fully saturated rings. The van der Waals surface area contributed by atoms with Crippen LogP contribution in [0.2, 0.25) is 0 Å².